The topological polar surface area (TPSA) is 9.23 Å². The SMILES string of the molecule is CC=C[C@H]1CC[C@H](CCc2ccc(COCCCCC)cc2)CC1. The number of benzene rings is 1. The summed E-state index contributed by atoms with van der Waals surface area (Å²) in [6.45, 7) is 6.03. The van der Waals surface area contributed by atoms with Gasteiger partial charge >= 0.3 is 0 Å². The van der Waals surface area contributed by atoms with E-state index in [1.54, 1.807) is 0 Å². The van der Waals surface area contributed by atoms with Crippen molar-refractivity contribution in [2.75, 3.05) is 6.61 Å². The first-order valence-electron chi connectivity index (χ1n) is 10.1. The normalized spacial score (nSPS) is 21.4. The number of allylic oxidation sites excluding steroid dienone is 2. The average Bonchev–Trinajstić information content (AvgIpc) is 2.62. The summed E-state index contributed by atoms with van der Waals surface area (Å²) in [5.41, 5.74) is 2.79. The van der Waals surface area contributed by atoms with E-state index in [-0.39, 0.29) is 0 Å². The van der Waals surface area contributed by atoms with Gasteiger partial charge in [-0.1, -0.05) is 56.2 Å². The second-order valence-electron chi connectivity index (χ2n) is 7.42. The van der Waals surface area contributed by atoms with Crippen molar-refractivity contribution in [3.8, 4) is 0 Å². The molecule has 1 fully saturated rings. The lowest BCUT2D eigenvalue weighted by atomic mass is 9.79. The van der Waals surface area contributed by atoms with Gasteiger partial charge in [0.25, 0.3) is 0 Å². The maximum Gasteiger partial charge on any atom is 0.0716 e. The van der Waals surface area contributed by atoms with Gasteiger partial charge in [-0.15, -0.1) is 0 Å². The fourth-order valence-electron chi connectivity index (χ4n) is 3.76. The molecular weight excluding hydrogens is 292 g/mol. The van der Waals surface area contributed by atoms with Crippen LogP contribution in [0.5, 0.6) is 0 Å². The highest BCUT2D eigenvalue weighted by Gasteiger charge is 2.18. The molecule has 1 aliphatic carbocycles. The third kappa shape index (κ3) is 7.21. The van der Waals surface area contributed by atoms with Crippen LogP contribution in [0.4, 0.5) is 0 Å². The Morgan fingerprint density at radius 3 is 2.38 bits per heavy atom. The molecule has 0 unspecified atom stereocenters. The van der Waals surface area contributed by atoms with E-state index in [2.05, 4.69) is 50.3 Å². The van der Waals surface area contributed by atoms with Crippen LogP contribution in [0.1, 0.15) is 76.3 Å². The lowest BCUT2D eigenvalue weighted by molar-refractivity contribution is 0.117. The molecule has 1 aromatic rings. The third-order valence-electron chi connectivity index (χ3n) is 5.38. The second kappa shape index (κ2) is 11.5. The summed E-state index contributed by atoms with van der Waals surface area (Å²) in [4.78, 5) is 0. The van der Waals surface area contributed by atoms with E-state index >= 15 is 0 Å². The van der Waals surface area contributed by atoms with Gasteiger partial charge in [-0.2, -0.15) is 0 Å². The quantitative estimate of drug-likeness (QED) is 0.342. The molecule has 0 amide bonds. The van der Waals surface area contributed by atoms with Crippen LogP contribution in [0.15, 0.2) is 36.4 Å². The van der Waals surface area contributed by atoms with E-state index in [4.69, 9.17) is 4.74 Å². The van der Waals surface area contributed by atoms with Crippen molar-refractivity contribution in [2.45, 2.75) is 78.2 Å². The molecule has 134 valence electrons. The highest BCUT2D eigenvalue weighted by atomic mass is 16.5. The van der Waals surface area contributed by atoms with Crippen LogP contribution < -0.4 is 0 Å². The molecule has 0 bridgehead atoms. The zero-order valence-corrected chi connectivity index (χ0v) is 15.8. The number of ether oxygens (including phenoxy) is 1. The predicted molar refractivity (Wildman–Crippen MR) is 104 cm³/mol. The lowest BCUT2D eigenvalue weighted by Gasteiger charge is -2.26. The van der Waals surface area contributed by atoms with Crippen molar-refractivity contribution in [1.29, 1.82) is 0 Å². The third-order valence-corrected chi connectivity index (χ3v) is 5.38. The van der Waals surface area contributed by atoms with Crippen LogP contribution in [0.2, 0.25) is 0 Å². The van der Waals surface area contributed by atoms with Gasteiger partial charge in [0, 0.05) is 6.61 Å². The van der Waals surface area contributed by atoms with Crippen molar-refractivity contribution >= 4 is 0 Å². The van der Waals surface area contributed by atoms with E-state index in [1.165, 1.54) is 68.9 Å². The highest BCUT2D eigenvalue weighted by Crippen LogP contribution is 2.32. The molecule has 0 heterocycles. The van der Waals surface area contributed by atoms with Gasteiger partial charge in [-0.3, -0.25) is 0 Å². The smallest absolute Gasteiger partial charge is 0.0716 e. The Morgan fingerprint density at radius 1 is 1.00 bits per heavy atom. The van der Waals surface area contributed by atoms with Crippen molar-refractivity contribution in [2.24, 2.45) is 11.8 Å². The van der Waals surface area contributed by atoms with Crippen molar-refractivity contribution < 1.29 is 4.74 Å². The van der Waals surface area contributed by atoms with Gasteiger partial charge in [0.05, 0.1) is 6.61 Å². The molecule has 0 aromatic heterocycles. The van der Waals surface area contributed by atoms with Crippen LogP contribution in [0.25, 0.3) is 0 Å². The first-order chi connectivity index (χ1) is 11.8. The van der Waals surface area contributed by atoms with E-state index < -0.39 is 0 Å². The molecule has 0 aliphatic heterocycles. The standard InChI is InChI=1S/C23H36O/c1-3-5-6-18-24-19-23-16-14-22(15-17-23)13-12-21-10-8-20(7-4-2)9-11-21/h4,7,14-17,20-21H,3,5-6,8-13,18-19H2,1-2H3/t20-,21-. The monoisotopic (exact) mass is 328 g/mol. The Hall–Kier alpha value is -1.08. The molecule has 1 aliphatic rings. The van der Waals surface area contributed by atoms with Gasteiger partial charge in [0.15, 0.2) is 0 Å². The van der Waals surface area contributed by atoms with Crippen LogP contribution in [-0.2, 0) is 17.8 Å². The van der Waals surface area contributed by atoms with E-state index in [9.17, 15) is 0 Å². The van der Waals surface area contributed by atoms with Gasteiger partial charge in [-0.25, -0.2) is 0 Å². The maximum atomic E-state index is 5.74. The number of unbranched alkanes of at least 4 members (excludes halogenated alkanes) is 2. The molecule has 0 radical (unpaired) electrons. The fraction of sp³-hybridized carbons (Fsp3) is 0.652. The molecule has 0 spiro atoms. The van der Waals surface area contributed by atoms with Crippen LogP contribution in [-0.4, -0.2) is 6.61 Å². The van der Waals surface area contributed by atoms with Crippen LogP contribution in [0, 0.1) is 11.8 Å². The van der Waals surface area contributed by atoms with Gasteiger partial charge in [0.1, 0.15) is 0 Å². The minimum Gasteiger partial charge on any atom is -0.377 e. The lowest BCUT2D eigenvalue weighted by Crippen LogP contribution is -2.13. The number of hydrogen-bond acceptors (Lipinski definition) is 1. The molecule has 0 N–H and O–H groups in total. The van der Waals surface area contributed by atoms with Crippen molar-refractivity contribution in [1.82, 2.24) is 0 Å². The van der Waals surface area contributed by atoms with Gasteiger partial charge < -0.3 is 4.74 Å². The van der Waals surface area contributed by atoms with Crippen molar-refractivity contribution in [3.63, 3.8) is 0 Å². The van der Waals surface area contributed by atoms with Crippen molar-refractivity contribution in [3.05, 3.63) is 47.5 Å². The summed E-state index contributed by atoms with van der Waals surface area (Å²) in [6.07, 6.45) is 16.5. The molecule has 2 rings (SSSR count). The fourth-order valence-corrected chi connectivity index (χ4v) is 3.76. The summed E-state index contributed by atoms with van der Waals surface area (Å²) in [6, 6.07) is 9.10. The molecule has 0 saturated heterocycles. The largest absolute Gasteiger partial charge is 0.377 e. The predicted octanol–water partition coefficient (Wildman–Crippen LogP) is 6.71. The van der Waals surface area contributed by atoms with E-state index in [0.29, 0.717) is 0 Å². The number of rotatable bonds is 10. The first kappa shape index (κ1) is 19.2. The second-order valence-corrected chi connectivity index (χ2v) is 7.42. The number of aryl methyl sites for hydroxylation is 1. The Bertz CT molecular complexity index is 451. The Kier molecular flexibility index (Phi) is 9.20. The molecule has 1 nitrogen and oxygen atoms in total. The minimum absolute atomic E-state index is 0.763. The minimum atomic E-state index is 0.763. The zero-order valence-electron chi connectivity index (χ0n) is 15.8. The Morgan fingerprint density at radius 2 is 1.71 bits per heavy atom. The van der Waals surface area contributed by atoms with Crippen LogP contribution in [0.3, 0.4) is 0 Å². The van der Waals surface area contributed by atoms with Gasteiger partial charge in [-0.05, 0) is 74.8 Å². The summed E-state index contributed by atoms with van der Waals surface area (Å²) >= 11 is 0. The Balaban J connectivity index is 1.63. The van der Waals surface area contributed by atoms with Crippen LogP contribution >= 0.6 is 0 Å². The molecule has 1 aromatic carbocycles. The summed E-state index contributed by atoms with van der Waals surface area (Å²) in [5.74, 6) is 1.79. The summed E-state index contributed by atoms with van der Waals surface area (Å²) in [7, 11) is 0. The number of hydrogen-bond donors (Lipinski definition) is 0. The molecule has 1 heteroatoms. The average molecular weight is 329 g/mol. The molecule has 24 heavy (non-hydrogen) atoms. The van der Waals surface area contributed by atoms with E-state index in [1.807, 2.05) is 0 Å². The maximum absolute atomic E-state index is 5.74. The Labute approximate surface area is 149 Å². The summed E-state index contributed by atoms with van der Waals surface area (Å²) in [5, 5.41) is 0. The first-order valence-corrected chi connectivity index (χ1v) is 10.1. The summed E-state index contributed by atoms with van der Waals surface area (Å²) < 4.78 is 5.74. The molecular formula is C23H36O. The molecule has 0 atom stereocenters. The molecule has 1 saturated carbocycles. The van der Waals surface area contributed by atoms with E-state index in [0.717, 1.165) is 25.0 Å². The van der Waals surface area contributed by atoms with Gasteiger partial charge in [0.2, 0.25) is 0 Å². The zero-order chi connectivity index (χ0) is 17.0. The highest BCUT2D eigenvalue weighted by molar-refractivity contribution is 5.22.